The lowest BCUT2D eigenvalue weighted by molar-refractivity contribution is 0.102. The Balaban J connectivity index is 1.90. The lowest BCUT2D eigenvalue weighted by atomic mass is 10.1. The summed E-state index contributed by atoms with van der Waals surface area (Å²) < 4.78 is 29.6. The summed E-state index contributed by atoms with van der Waals surface area (Å²) in [4.78, 5) is 12.4. The van der Waals surface area contributed by atoms with E-state index in [1.54, 1.807) is 12.1 Å². The maximum absolute atomic E-state index is 13.4. The second kappa shape index (κ2) is 6.97. The van der Waals surface area contributed by atoms with E-state index in [-0.39, 0.29) is 11.3 Å². The summed E-state index contributed by atoms with van der Waals surface area (Å²) in [5.74, 6) is 0.213. The Labute approximate surface area is 143 Å². The first kappa shape index (κ1) is 16.4. The molecule has 0 unspecified atom stereocenters. The molecule has 0 radical (unpaired) electrons. The van der Waals surface area contributed by atoms with E-state index >= 15 is 0 Å². The zero-order valence-electron chi connectivity index (χ0n) is 12.9. The van der Waals surface area contributed by atoms with Crippen molar-refractivity contribution < 1.29 is 23.4 Å². The minimum atomic E-state index is -0.539. The smallest absolute Gasteiger partial charge is 0.259 e. The number of hydrogen-bond acceptors (Lipinski definition) is 4. The molecule has 1 aliphatic heterocycles. The number of carbonyl (C=O) groups is 1. The highest BCUT2D eigenvalue weighted by Crippen LogP contribution is 2.38. The van der Waals surface area contributed by atoms with Gasteiger partial charge in [0.15, 0.2) is 11.5 Å². The van der Waals surface area contributed by atoms with Crippen molar-refractivity contribution in [2.45, 2.75) is 6.42 Å². The third-order valence-corrected chi connectivity index (χ3v) is 3.80. The minimum Gasteiger partial charge on any atom is -0.496 e. The van der Waals surface area contributed by atoms with Gasteiger partial charge in [0.05, 0.1) is 36.6 Å². The molecule has 0 saturated carbocycles. The van der Waals surface area contributed by atoms with E-state index in [0.29, 0.717) is 35.4 Å². The molecule has 0 spiro atoms. The summed E-state index contributed by atoms with van der Waals surface area (Å²) in [6.45, 7) is 1.05. The Morgan fingerprint density at radius 3 is 2.62 bits per heavy atom. The van der Waals surface area contributed by atoms with Crippen LogP contribution in [0, 0.1) is 5.82 Å². The molecule has 3 rings (SSSR count). The van der Waals surface area contributed by atoms with Crippen LogP contribution in [0.15, 0.2) is 30.3 Å². The summed E-state index contributed by atoms with van der Waals surface area (Å²) in [5, 5.41) is 2.94. The topological polar surface area (TPSA) is 56.8 Å². The van der Waals surface area contributed by atoms with Gasteiger partial charge >= 0.3 is 0 Å². The monoisotopic (exact) mass is 351 g/mol. The van der Waals surface area contributed by atoms with Crippen LogP contribution in [-0.2, 0) is 0 Å². The van der Waals surface area contributed by atoms with Gasteiger partial charge in [-0.25, -0.2) is 4.39 Å². The van der Waals surface area contributed by atoms with E-state index in [1.165, 1.54) is 19.2 Å². The molecule has 0 bridgehead atoms. The van der Waals surface area contributed by atoms with Gasteiger partial charge in [-0.15, -0.1) is 0 Å². The molecule has 1 aliphatic rings. The molecule has 1 heterocycles. The molecule has 1 N–H and O–H groups in total. The molecular formula is C17H15ClFNO4. The number of anilines is 1. The van der Waals surface area contributed by atoms with Crippen molar-refractivity contribution in [3.63, 3.8) is 0 Å². The van der Waals surface area contributed by atoms with Gasteiger partial charge in [-0.2, -0.15) is 0 Å². The van der Waals surface area contributed by atoms with Gasteiger partial charge in [0.25, 0.3) is 5.91 Å². The molecule has 1 amide bonds. The van der Waals surface area contributed by atoms with Crippen molar-refractivity contribution in [1.29, 1.82) is 0 Å². The lowest BCUT2D eigenvalue weighted by Gasteiger charge is -2.13. The standard InChI is InChI=1S/C17H15ClFNO4/c1-22-14-4-3-10(19)7-11(14)17(21)20-13-9-16-15(8-12(13)18)23-5-2-6-24-16/h3-4,7-9H,2,5-6H2,1H3,(H,20,21). The minimum absolute atomic E-state index is 0.0701. The zero-order chi connectivity index (χ0) is 17.1. The highest BCUT2D eigenvalue weighted by molar-refractivity contribution is 6.34. The predicted octanol–water partition coefficient (Wildman–Crippen LogP) is 3.90. The number of ether oxygens (including phenoxy) is 3. The number of methoxy groups -OCH3 is 1. The fourth-order valence-electron chi connectivity index (χ4n) is 2.33. The van der Waals surface area contributed by atoms with Crippen molar-refractivity contribution in [1.82, 2.24) is 0 Å². The maximum Gasteiger partial charge on any atom is 0.259 e. The zero-order valence-corrected chi connectivity index (χ0v) is 13.7. The van der Waals surface area contributed by atoms with E-state index in [1.807, 2.05) is 0 Å². The Morgan fingerprint density at radius 1 is 1.21 bits per heavy atom. The summed E-state index contributed by atoms with van der Waals surface area (Å²) >= 11 is 6.20. The van der Waals surface area contributed by atoms with Crippen LogP contribution in [0.1, 0.15) is 16.8 Å². The highest BCUT2D eigenvalue weighted by Gasteiger charge is 2.18. The predicted molar refractivity (Wildman–Crippen MR) is 88.0 cm³/mol. The van der Waals surface area contributed by atoms with Crippen LogP contribution in [0.3, 0.4) is 0 Å². The van der Waals surface area contributed by atoms with Crippen LogP contribution in [0.4, 0.5) is 10.1 Å². The van der Waals surface area contributed by atoms with Crippen molar-refractivity contribution in [3.05, 3.63) is 46.7 Å². The van der Waals surface area contributed by atoms with Gasteiger partial charge < -0.3 is 19.5 Å². The first-order chi connectivity index (χ1) is 11.6. The number of benzene rings is 2. The van der Waals surface area contributed by atoms with Crippen molar-refractivity contribution in [2.75, 3.05) is 25.6 Å². The molecule has 5 nitrogen and oxygen atoms in total. The number of hydrogen-bond donors (Lipinski definition) is 1. The van der Waals surface area contributed by atoms with Crippen LogP contribution in [0.2, 0.25) is 5.02 Å². The summed E-state index contributed by atoms with van der Waals surface area (Å²) in [6.07, 6.45) is 0.758. The average molecular weight is 352 g/mol. The van der Waals surface area contributed by atoms with Gasteiger partial charge in [0.2, 0.25) is 0 Å². The van der Waals surface area contributed by atoms with Crippen LogP contribution < -0.4 is 19.5 Å². The summed E-state index contributed by atoms with van der Waals surface area (Å²) in [6, 6.07) is 6.88. The van der Waals surface area contributed by atoms with E-state index in [4.69, 9.17) is 25.8 Å². The second-order valence-corrected chi connectivity index (χ2v) is 5.54. The fourth-order valence-corrected chi connectivity index (χ4v) is 2.53. The van der Waals surface area contributed by atoms with Crippen LogP contribution >= 0.6 is 11.6 Å². The van der Waals surface area contributed by atoms with Crippen molar-refractivity contribution in [2.24, 2.45) is 0 Å². The third-order valence-electron chi connectivity index (χ3n) is 3.49. The lowest BCUT2D eigenvalue weighted by Crippen LogP contribution is -2.14. The second-order valence-electron chi connectivity index (χ2n) is 5.13. The van der Waals surface area contributed by atoms with Crippen LogP contribution in [0.25, 0.3) is 0 Å². The number of fused-ring (bicyclic) bond motifs is 1. The molecule has 0 aromatic heterocycles. The molecule has 24 heavy (non-hydrogen) atoms. The van der Waals surface area contributed by atoms with Gasteiger partial charge in [0, 0.05) is 18.6 Å². The van der Waals surface area contributed by atoms with Gasteiger partial charge in [-0.05, 0) is 18.2 Å². The quantitative estimate of drug-likeness (QED) is 0.911. The highest BCUT2D eigenvalue weighted by atomic mass is 35.5. The fraction of sp³-hybridized carbons (Fsp3) is 0.235. The van der Waals surface area contributed by atoms with Gasteiger partial charge in [-0.1, -0.05) is 11.6 Å². The first-order valence-electron chi connectivity index (χ1n) is 7.32. The van der Waals surface area contributed by atoms with E-state index in [0.717, 1.165) is 12.5 Å². The van der Waals surface area contributed by atoms with Gasteiger partial charge in [-0.3, -0.25) is 4.79 Å². The molecule has 2 aromatic rings. The van der Waals surface area contributed by atoms with Crippen LogP contribution in [-0.4, -0.2) is 26.2 Å². The Kier molecular flexibility index (Phi) is 4.76. The third kappa shape index (κ3) is 3.38. The van der Waals surface area contributed by atoms with Crippen molar-refractivity contribution >= 4 is 23.2 Å². The van der Waals surface area contributed by atoms with Crippen molar-refractivity contribution in [3.8, 4) is 17.2 Å². The molecule has 126 valence electrons. The van der Waals surface area contributed by atoms with E-state index in [9.17, 15) is 9.18 Å². The Hall–Kier alpha value is -2.47. The molecule has 0 atom stereocenters. The normalized spacial score (nSPS) is 13.1. The number of nitrogens with one attached hydrogen (secondary N) is 1. The van der Waals surface area contributed by atoms with E-state index < -0.39 is 11.7 Å². The maximum atomic E-state index is 13.4. The van der Waals surface area contributed by atoms with E-state index in [2.05, 4.69) is 5.32 Å². The molecule has 0 aliphatic carbocycles. The molecular weight excluding hydrogens is 337 g/mol. The van der Waals surface area contributed by atoms with Gasteiger partial charge in [0.1, 0.15) is 11.6 Å². The Morgan fingerprint density at radius 2 is 1.92 bits per heavy atom. The number of rotatable bonds is 3. The Bertz CT molecular complexity index is 781. The molecule has 0 saturated heterocycles. The molecule has 0 fully saturated rings. The molecule has 2 aromatic carbocycles. The average Bonchev–Trinajstić information content (AvgIpc) is 2.80. The SMILES string of the molecule is COc1ccc(F)cc1C(=O)Nc1cc2c(cc1Cl)OCCCO2. The summed E-state index contributed by atoms with van der Waals surface area (Å²) in [7, 11) is 1.41. The summed E-state index contributed by atoms with van der Waals surface area (Å²) in [5.41, 5.74) is 0.415. The number of halogens is 2. The largest absolute Gasteiger partial charge is 0.496 e. The first-order valence-corrected chi connectivity index (χ1v) is 7.70. The van der Waals surface area contributed by atoms with Crippen LogP contribution in [0.5, 0.6) is 17.2 Å². The number of amides is 1. The molecule has 7 heteroatoms. The number of carbonyl (C=O) groups excluding carboxylic acids is 1.